The molecule has 1 aromatic heterocycles. The van der Waals surface area contributed by atoms with E-state index in [2.05, 4.69) is 10.5 Å². The molecule has 0 aliphatic rings. The summed E-state index contributed by atoms with van der Waals surface area (Å²) in [5.74, 6) is 0. The van der Waals surface area contributed by atoms with Crippen LogP contribution in [-0.4, -0.2) is 20.5 Å². The number of hydrazone groups is 1. The van der Waals surface area contributed by atoms with Crippen LogP contribution in [0.15, 0.2) is 66.0 Å². The van der Waals surface area contributed by atoms with Crippen LogP contribution in [0.25, 0.3) is 0 Å². The van der Waals surface area contributed by atoms with E-state index in [1.807, 2.05) is 36.9 Å². The van der Waals surface area contributed by atoms with Gasteiger partial charge in [0.1, 0.15) is 11.4 Å². The Hall–Kier alpha value is -4.26. The summed E-state index contributed by atoms with van der Waals surface area (Å²) in [5, 5.41) is 37.7. The Morgan fingerprint density at radius 1 is 0.853 bits per heavy atom. The first-order valence-electron chi connectivity index (χ1n) is 9.61. The topological polar surface area (TPSA) is 158 Å². The minimum Gasteiger partial charge on any atom is -0.271 e. The third-order valence-electron chi connectivity index (χ3n) is 4.64. The maximum Gasteiger partial charge on any atom is 0.301 e. The summed E-state index contributed by atoms with van der Waals surface area (Å²) in [6.45, 7) is 4.13. The number of aryl methyl sites for hydroxylation is 2. The zero-order valence-electron chi connectivity index (χ0n) is 18.1. The Bertz CT molecular complexity index is 1260. The summed E-state index contributed by atoms with van der Waals surface area (Å²) >= 11 is 0. The molecule has 0 fully saturated rings. The first-order valence-corrected chi connectivity index (χ1v) is 9.61. The first-order chi connectivity index (χ1) is 15.6. The molecule has 0 saturated carbocycles. The van der Waals surface area contributed by atoms with Crippen LogP contribution >= 0.6 is 17.0 Å². The van der Waals surface area contributed by atoms with Crippen LogP contribution in [0.4, 0.5) is 22.7 Å². The van der Waals surface area contributed by atoms with E-state index in [0.29, 0.717) is 11.3 Å². The van der Waals surface area contributed by atoms with Crippen molar-refractivity contribution in [1.29, 1.82) is 0 Å². The first kappa shape index (κ1) is 26.0. The molecule has 0 unspecified atom stereocenters. The zero-order valence-corrected chi connectivity index (χ0v) is 19.8. The fourth-order valence-corrected chi connectivity index (χ4v) is 3.23. The van der Waals surface area contributed by atoms with E-state index in [0.717, 1.165) is 23.3 Å². The smallest absolute Gasteiger partial charge is 0.271 e. The number of anilines is 1. The SMILES string of the molecule is Br.Cc1cc(C)c[n+](C/C(=N\Nc2ccc([N+](=O)[O-])cc2[N+](=O)[O-])c2ccc([N+](=O)[O-])cc2)c1. The maximum absolute atomic E-state index is 11.4. The molecule has 3 rings (SSSR count). The summed E-state index contributed by atoms with van der Waals surface area (Å²) in [5.41, 5.74) is 4.60. The fourth-order valence-electron chi connectivity index (χ4n) is 3.23. The number of hydrogen-bond acceptors (Lipinski definition) is 8. The van der Waals surface area contributed by atoms with Gasteiger partial charge in [-0.25, -0.2) is 0 Å². The van der Waals surface area contributed by atoms with Gasteiger partial charge in [0.25, 0.3) is 11.4 Å². The maximum atomic E-state index is 11.4. The van der Waals surface area contributed by atoms with Crippen LogP contribution in [0.5, 0.6) is 0 Å². The van der Waals surface area contributed by atoms with Gasteiger partial charge in [-0.15, -0.1) is 17.0 Å². The van der Waals surface area contributed by atoms with Crippen molar-refractivity contribution in [3.8, 4) is 0 Å². The van der Waals surface area contributed by atoms with Crippen molar-refractivity contribution < 1.29 is 19.3 Å². The zero-order chi connectivity index (χ0) is 24.1. The number of non-ortho nitro benzene ring substituents is 2. The minimum atomic E-state index is -0.741. The van der Waals surface area contributed by atoms with Crippen LogP contribution in [0.2, 0.25) is 0 Å². The lowest BCUT2D eigenvalue weighted by molar-refractivity contribution is -0.682. The van der Waals surface area contributed by atoms with Gasteiger partial charge in [0.15, 0.2) is 18.9 Å². The molecule has 2 aromatic carbocycles. The number of benzene rings is 2. The normalized spacial score (nSPS) is 10.8. The summed E-state index contributed by atoms with van der Waals surface area (Å²) < 4.78 is 1.87. The predicted octanol–water partition coefficient (Wildman–Crippen LogP) is 4.41. The second-order valence-electron chi connectivity index (χ2n) is 7.25. The van der Waals surface area contributed by atoms with Gasteiger partial charge in [0.05, 0.1) is 20.8 Å². The molecular formula is C21H20BrN6O6+. The monoisotopic (exact) mass is 531 g/mol. The second kappa shape index (κ2) is 11.0. The van der Waals surface area contributed by atoms with Gasteiger partial charge in [-0.2, -0.15) is 9.67 Å². The van der Waals surface area contributed by atoms with Crippen LogP contribution in [0, 0.1) is 44.2 Å². The van der Waals surface area contributed by atoms with Gasteiger partial charge >= 0.3 is 5.69 Å². The van der Waals surface area contributed by atoms with Crippen molar-refractivity contribution >= 4 is 45.4 Å². The highest BCUT2D eigenvalue weighted by Gasteiger charge is 2.20. The van der Waals surface area contributed by atoms with Crippen molar-refractivity contribution in [1.82, 2.24) is 0 Å². The largest absolute Gasteiger partial charge is 0.301 e. The van der Waals surface area contributed by atoms with E-state index < -0.39 is 26.1 Å². The number of nitrogens with zero attached hydrogens (tertiary/aromatic N) is 5. The fraction of sp³-hybridized carbons (Fsp3) is 0.143. The quantitative estimate of drug-likeness (QED) is 0.195. The summed E-state index contributed by atoms with van der Waals surface area (Å²) in [7, 11) is 0. The molecule has 13 heteroatoms. The van der Waals surface area contributed by atoms with Crippen molar-refractivity contribution in [3.63, 3.8) is 0 Å². The number of nitrogens with one attached hydrogen (secondary N) is 1. The highest BCUT2D eigenvalue weighted by Crippen LogP contribution is 2.29. The lowest BCUT2D eigenvalue weighted by Gasteiger charge is -2.07. The van der Waals surface area contributed by atoms with Gasteiger partial charge < -0.3 is 0 Å². The molecular weight excluding hydrogens is 512 g/mol. The van der Waals surface area contributed by atoms with Crippen LogP contribution in [-0.2, 0) is 6.54 Å². The van der Waals surface area contributed by atoms with E-state index >= 15 is 0 Å². The van der Waals surface area contributed by atoms with E-state index in [1.54, 1.807) is 0 Å². The van der Waals surface area contributed by atoms with Crippen LogP contribution < -0.4 is 9.99 Å². The molecule has 12 nitrogen and oxygen atoms in total. The Morgan fingerprint density at radius 2 is 1.41 bits per heavy atom. The number of aromatic nitrogens is 1. The van der Waals surface area contributed by atoms with Crippen molar-refractivity contribution in [3.05, 3.63) is 108 Å². The summed E-state index contributed by atoms with van der Waals surface area (Å²) in [6.07, 6.45) is 3.78. The third kappa shape index (κ3) is 6.38. The van der Waals surface area contributed by atoms with Gasteiger partial charge in [-0.05, 0) is 38.1 Å². The van der Waals surface area contributed by atoms with Crippen LogP contribution in [0.1, 0.15) is 16.7 Å². The Labute approximate surface area is 203 Å². The third-order valence-corrected chi connectivity index (χ3v) is 4.64. The van der Waals surface area contributed by atoms with E-state index in [1.165, 1.54) is 30.3 Å². The van der Waals surface area contributed by atoms with Crippen molar-refractivity contribution in [2.75, 3.05) is 5.43 Å². The summed E-state index contributed by atoms with van der Waals surface area (Å²) in [6, 6.07) is 10.9. The van der Waals surface area contributed by atoms with Crippen molar-refractivity contribution in [2.45, 2.75) is 20.4 Å². The lowest BCUT2D eigenvalue weighted by Crippen LogP contribution is -2.38. The average Bonchev–Trinajstić information content (AvgIpc) is 2.75. The standard InChI is InChI=1S/C21H19N6O6.BrH/c1-14-9-15(2)12-24(11-14)13-20(16-3-5-17(6-4-16)25(28)29)23-22-19-8-7-18(26(30)31)10-21(19)27(32)33;/h3-12,22H,13H2,1-2H3;1H/q+1;/b23-20+;. The minimum absolute atomic E-state index is 0. The summed E-state index contributed by atoms with van der Waals surface area (Å²) in [4.78, 5) is 31.4. The second-order valence-corrected chi connectivity index (χ2v) is 7.25. The highest BCUT2D eigenvalue weighted by molar-refractivity contribution is 8.93. The number of halogens is 1. The molecule has 34 heavy (non-hydrogen) atoms. The highest BCUT2D eigenvalue weighted by atomic mass is 79.9. The lowest BCUT2D eigenvalue weighted by atomic mass is 10.1. The van der Waals surface area contributed by atoms with Crippen molar-refractivity contribution in [2.24, 2.45) is 5.10 Å². The molecule has 0 atom stereocenters. The molecule has 1 heterocycles. The Balaban J connectivity index is 0.00000408. The molecule has 0 bridgehead atoms. The molecule has 0 spiro atoms. The predicted molar refractivity (Wildman–Crippen MR) is 129 cm³/mol. The van der Waals surface area contributed by atoms with Gasteiger partial charge in [-0.3, -0.25) is 35.8 Å². The molecule has 0 amide bonds. The number of hydrogen-bond donors (Lipinski definition) is 1. The molecule has 0 aliphatic carbocycles. The molecule has 3 aromatic rings. The van der Waals surface area contributed by atoms with Gasteiger partial charge in [0.2, 0.25) is 0 Å². The molecule has 0 saturated heterocycles. The van der Waals surface area contributed by atoms with Gasteiger partial charge in [-0.1, -0.05) is 0 Å². The number of nitro benzene ring substituents is 3. The molecule has 1 N–H and O–H groups in total. The number of nitro groups is 3. The van der Waals surface area contributed by atoms with Gasteiger partial charge in [0, 0.05) is 34.9 Å². The number of pyridine rings is 1. The van der Waals surface area contributed by atoms with E-state index in [4.69, 9.17) is 0 Å². The van der Waals surface area contributed by atoms with Crippen LogP contribution in [0.3, 0.4) is 0 Å². The average molecular weight is 532 g/mol. The Morgan fingerprint density at radius 3 is 1.94 bits per heavy atom. The number of rotatable bonds is 8. The van der Waals surface area contributed by atoms with E-state index in [9.17, 15) is 30.3 Å². The Kier molecular flexibility index (Phi) is 8.45. The molecule has 176 valence electrons. The molecule has 0 radical (unpaired) electrons. The van der Waals surface area contributed by atoms with E-state index in [-0.39, 0.29) is 34.9 Å². The molecule has 0 aliphatic heterocycles.